The lowest BCUT2D eigenvalue weighted by molar-refractivity contribution is -0.108. The number of hydrogen-bond acceptors (Lipinski definition) is 1. The van der Waals surface area contributed by atoms with Crippen LogP contribution in [-0.4, -0.2) is 6.29 Å². The van der Waals surface area contributed by atoms with Gasteiger partial charge < -0.3 is 4.79 Å². The van der Waals surface area contributed by atoms with E-state index in [-0.39, 0.29) is 0 Å². The van der Waals surface area contributed by atoms with E-state index in [9.17, 15) is 4.79 Å². The summed E-state index contributed by atoms with van der Waals surface area (Å²) in [6.45, 7) is 6.64. The second kappa shape index (κ2) is 6.38. The molecule has 0 aliphatic rings. The minimum Gasteiger partial charge on any atom is -0.303 e. The van der Waals surface area contributed by atoms with Gasteiger partial charge in [-0.1, -0.05) is 40.0 Å². The van der Waals surface area contributed by atoms with Crippen LogP contribution >= 0.6 is 0 Å². The largest absolute Gasteiger partial charge is 0.303 e. The van der Waals surface area contributed by atoms with E-state index in [1.165, 1.54) is 19.3 Å². The van der Waals surface area contributed by atoms with E-state index in [0.29, 0.717) is 5.92 Å². The van der Waals surface area contributed by atoms with Crippen LogP contribution in [0, 0.1) is 11.8 Å². The Kier molecular flexibility index (Phi) is 6.19. The fraction of sp³-hybridized carbons (Fsp3) is 0.900. The summed E-state index contributed by atoms with van der Waals surface area (Å²) in [6, 6.07) is 0. The van der Waals surface area contributed by atoms with Crippen LogP contribution in [0.4, 0.5) is 0 Å². The fourth-order valence-electron chi connectivity index (χ4n) is 1.06. The molecule has 66 valence electrons. The van der Waals surface area contributed by atoms with Gasteiger partial charge >= 0.3 is 0 Å². The number of rotatable bonds is 6. The Hall–Kier alpha value is -0.330. The smallest absolute Gasteiger partial charge is 0.120 e. The Morgan fingerprint density at radius 3 is 2.18 bits per heavy atom. The molecule has 0 aromatic heterocycles. The van der Waals surface area contributed by atoms with Gasteiger partial charge in [0.2, 0.25) is 0 Å². The van der Waals surface area contributed by atoms with Crippen LogP contribution < -0.4 is 0 Å². The Bertz CT molecular complexity index is 99.0. The SMILES string of the molecule is CCC(C)CCC(C)CC=O. The fourth-order valence-corrected chi connectivity index (χ4v) is 1.06. The van der Waals surface area contributed by atoms with Gasteiger partial charge in [0.05, 0.1) is 0 Å². The minimum absolute atomic E-state index is 0.585. The molecule has 1 nitrogen and oxygen atoms in total. The van der Waals surface area contributed by atoms with Crippen LogP contribution in [-0.2, 0) is 4.79 Å². The number of carbonyl (C=O) groups is 1. The van der Waals surface area contributed by atoms with Gasteiger partial charge in [0, 0.05) is 6.42 Å². The van der Waals surface area contributed by atoms with Crippen LogP contribution in [0.3, 0.4) is 0 Å². The molecular weight excluding hydrogens is 136 g/mol. The average Bonchev–Trinajstić information content (AvgIpc) is 2.01. The highest BCUT2D eigenvalue weighted by Crippen LogP contribution is 2.15. The van der Waals surface area contributed by atoms with Gasteiger partial charge in [0.15, 0.2) is 0 Å². The summed E-state index contributed by atoms with van der Waals surface area (Å²) in [7, 11) is 0. The molecule has 0 rings (SSSR count). The van der Waals surface area contributed by atoms with Gasteiger partial charge in [0.25, 0.3) is 0 Å². The van der Waals surface area contributed by atoms with E-state index in [1.807, 2.05) is 0 Å². The lowest BCUT2D eigenvalue weighted by Gasteiger charge is -2.11. The Balaban J connectivity index is 3.29. The molecule has 0 spiro atoms. The highest BCUT2D eigenvalue weighted by Gasteiger charge is 2.03. The van der Waals surface area contributed by atoms with E-state index in [2.05, 4.69) is 20.8 Å². The maximum absolute atomic E-state index is 10.1. The first-order chi connectivity index (χ1) is 5.20. The van der Waals surface area contributed by atoms with E-state index >= 15 is 0 Å². The molecular formula is C10H20O. The Morgan fingerprint density at radius 2 is 1.73 bits per heavy atom. The van der Waals surface area contributed by atoms with E-state index in [4.69, 9.17) is 0 Å². The van der Waals surface area contributed by atoms with Gasteiger partial charge in [-0.05, 0) is 11.8 Å². The minimum atomic E-state index is 0.585. The van der Waals surface area contributed by atoms with Crippen LogP contribution in [0.1, 0.15) is 46.5 Å². The molecule has 0 aromatic carbocycles. The van der Waals surface area contributed by atoms with Crippen molar-refractivity contribution in [2.24, 2.45) is 11.8 Å². The van der Waals surface area contributed by atoms with Crippen molar-refractivity contribution >= 4 is 6.29 Å². The molecule has 0 aromatic rings. The molecule has 0 N–H and O–H groups in total. The first kappa shape index (κ1) is 10.7. The van der Waals surface area contributed by atoms with Crippen molar-refractivity contribution in [3.05, 3.63) is 0 Å². The van der Waals surface area contributed by atoms with Gasteiger partial charge in [0.1, 0.15) is 6.29 Å². The molecule has 11 heavy (non-hydrogen) atoms. The van der Waals surface area contributed by atoms with Crippen molar-refractivity contribution in [2.75, 3.05) is 0 Å². The van der Waals surface area contributed by atoms with Gasteiger partial charge in [-0.15, -0.1) is 0 Å². The van der Waals surface area contributed by atoms with Crippen LogP contribution in [0.2, 0.25) is 0 Å². The second-order valence-corrected chi connectivity index (χ2v) is 3.60. The van der Waals surface area contributed by atoms with Gasteiger partial charge in [-0.2, -0.15) is 0 Å². The molecule has 0 fully saturated rings. The Labute approximate surface area is 70.2 Å². The molecule has 2 unspecified atom stereocenters. The van der Waals surface area contributed by atoms with E-state index in [1.54, 1.807) is 0 Å². The zero-order chi connectivity index (χ0) is 8.69. The third kappa shape index (κ3) is 6.08. The topological polar surface area (TPSA) is 17.1 Å². The summed E-state index contributed by atoms with van der Waals surface area (Å²) in [5.74, 6) is 1.41. The summed E-state index contributed by atoms with van der Waals surface area (Å²) < 4.78 is 0. The van der Waals surface area contributed by atoms with Gasteiger partial charge in [-0.3, -0.25) is 0 Å². The lowest BCUT2D eigenvalue weighted by atomic mass is 9.95. The standard InChI is InChI=1S/C10H20O/c1-4-9(2)5-6-10(3)7-8-11/h8-10H,4-7H2,1-3H3. The molecule has 2 atom stereocenters. The maximum atomic E-state index is 10.1. The lowest BCUT2D eigenvalue weighted by Crippen LogP contribution is -1.99. The molecule has 0 saturated heterocycles. The summed E-state index contributed by atoms with van der Waals surface area (Å²) in [6.07, 6.45) is 5.49. The van der Waals surface area contributed by atoms with Crippen LogP contribution in [0.5, 0.6) is 0 Å². The summed E-state index contributed by atoms with van der Waals surface area (Å²) in [5, 5.41) is 0. The predicted molar refractivity (Wildman–Crippen MR) is 48.5 cm³/mol. The summed E-state index contributed by atoms with van der Waals surface area (Å²) >= 11 is 0. The van der Waals surface area contributed by atoms with Crippen molar-refractivity contribution in [1.82, 2.24) is 0 Å². The highest BCUT2D eigenvalue weighted by molar-refractivity contribution is 5.49. The second-order valence-electron chi connectivity index (χ2n) is 3.60. The van der Waals surface area contributed by atoms with E-state index < -0.39 is 0 Å². The molecule has 0 amide bonds. The Morgan fingerprint density at radius 1 is 1.18 bits per heavy atom. The first-order valence-electron chi connectivity index (χ1n) is 4.64. The predicted octanol–water partition coefficient (Wildman–Crippen LogP) is 3.04. The summed E-state index contributed by atoms with van der Waals surface area (Å²) in [5.41, 5.74) is 0. The molecule has 0 aliphatic heterocycles. The number of aldehydes is 1. The third-order valence-electron chi connectivity index (χ3n) is 2.35. The average molecular weight is 156 g/mol. The van der Waals surface area contributed by atoms with Gasteiger partial charge in [-0.25, -0.2) is 0 Å². The third-order valence-corrected chi connectivity index (χ3v) is 2.35. The first-order valence-corrected chi connectivity index (χ1v) is 4.64. The summed E-state index contributed by atoms with van der Waals surface area (Å²) in [4.78, 5) is 10.1. The van der Waals surface area contributed by atoms with Crippen molar-refractivity contribution in [3.8, 4) is 0 Å². The molecule has 0 heterocycles. The van der Waals surface area contributed by atoms with Crippen molar-refractivity contribution < 1.29 is 4.79 Å². The normalized spacial score (nSPS) is 15.9. The maximum Gasteiger partial charge on any atom is 0.120 e. The van der Waals surface area contributed by atoms with Crippen LogP contribution in [0.25, 0.3) is 0 Å². The molecule has 0 aliphatic carbocycles. The van der Waals surface area contributed by atoms with Crippen molar-refractivity contribution in [1.29, 1.82) is 0 Å². The zero-order valence-corrected chi connectivity index (χ0v) is 7.97. The molecule has 1 heteroatoms. The number of carbonyl (C=O) groups excluding carboxylic acids is 1. The highest BCUT2D eigenvalue weighted by atomic mass is 16.1. The molecule has 0 radical (unpaired) electrons. The quantitative estimate of drug-likeness (QED) is 0.540. The van der Waals surface area contributed by atoms with E-state index in [0.717, 1.165) is 18.6 Å². The van der Waals surface area contributed by atoms with Crippen molar-refractivity contribution in [2.45, 2.75) is 46.5 Å². The monoisotopic (exact) mass is 156 g/mol. The molecule has 0 bridgehead atoms. The molecule has 0 saturated carbocycles. The number of hydrogen-bond donors (Lipinski definition) is 0. The van der Waals surface area contributed by atoms with Crippen LogP contribution in [0.15, 0.2) is 0 Å². The van der Waals surface area contributed by atoms with Crippen molar-refractivity contribution in [3.63, 3.8) is 0 Å². The zero-order valence-electron chi connectivity index (χ0n) is 7.97.